The molecule has 0 unspecified atom stereocenters. The number of methoxy groups -OCH3 is 1. The van der Waals surface area contributed by atoms with E-state index in [0.717, 1.165) is 15.4 Å². The number of aryl methyl sites for hydroxylation is 1. The second-order valence-corrected chi connectivity index (χ2v) is 13.3. The van der Waals surface area contributed by atoms with E-state index in [0.29, 0.717) is 16.3 Å². The minimum absolute atomic E-state index is 0.0206. The van der Waals surface area contributed by atoms with Crippen molar-refractivity contribution in [2.24, 2.45) is 0 Å². The van der Waals surface area contributed by atoms with E-state index < -0.39 is 28.5 Å². The fraction of sp³-hybridized carbons (Fsp3) is 0.257. The zero-order chi connectivity index (χ0) is 32.6. The molecule has 0 aliphatic carbocycles. The number of amides is 2. The van der Waals surface area contributed by atoms with E-state index in [9.17, 15) is 18.0 Å². The van der Waals surface area contributed by atoms with E-state index in [1.807, 2.05) is 57.2 Å². The fourth-order valence-electron chi connectivity index (χ4n) is 4.89. The van der Waals surface area contributed by atoms with Gasteiger partial charge in [-0.25, -0.2) is 8.42 Å². The Morgan fingerprint density at radius 1 is 0.867 bits per heavy atom. The highest BCUT2D eigenvalue weighted by Gasteiger charge is 2.35. The number of anilines is 1. The lowest BCUT2D eigenvalue weighted by Crippen LogP contribution is -2.54. The monoisotopic (exact) mass is 647 g/mol. The van der Waals surface area contributed by atoms with E-state index >= 15 is 0 Å². The zero-order valence-electron chi connectivity index (χ0n) is 25.8. The summed E-state index contributed by atoms with van der Waals surface area (Å²) in [4.78, 5) is 29.8. The Morgan fingerprint density at radius 2 is 1.51 bits per heavy atom. The standard InChI is InChI=1S/C35H38ClN3O5S/c1-25(2)37-35(41)33(21-27-12-7-5-8-13-27)38(23-28-14-11-15-30(20-28)44-4)34(40)24-39(29-19-18-26(3)32(36)22-29)45(42,43)31-16-9-6-10-17-31/h5-20,22,25,33H,21,23-24H2,1-4H3,(H,37,41)/t33-/m0/s1. The Morgan fingerprint density at radius 3 is 2.13 bits per heavy atom. The molecule has 0 aromatic heterocycles. The molecular weight excluding hydrogens is 610 g/mol. The number of nitrogens with one attached hydrogen (secondary N) is 1. The lowest BCUT2D eigenvalue weighted by molar-refractivity contribution is -0.140. The van der Waals surface area contributed by atoms with E-state index in [-0.39, 0.29) is 35.5 Å². The summed E-state index contributed by atoms with van der Waals surface area (Å²) in [6, 6.07) is 28.3. The normalized spacial score (nSPS) is 12.0. The lowest BCUT2D eigenvalue weighted by atomic mass is 10.0. The highest BCUT2D eigenvalue weighted by Crippen LogP contribution is 2.29. The van der Waals surface area contributed by atoms with Gasteiger partial charge in [-0.1, -0.05) is 78.3 Å². The quantitative estimate of drug-likeness (QED) is 0.192. The molecule has 4 aromatic rings. The third-order valence-corrected chi connectivity index (χ3v) is 9.44. The Balaban J connectivity index is 1.82. The molecule has 0 aliphatic rings. The van der Waals surface area contributed by atoms with Crippen LogP contribution in [0.1, 0.15) is 30.5 Å². The first-order valence-corrected chi connectivity index (χ1v) is 16.4. The summed E-state index contributed by atoms with van der Waals surface area (Å²) in [5.41, 5.74) is 2.56. The highest BCUT2D eigenvalue weighted by molar-refractivity contribution is 7.92. The van der Waals surface area contributed by atoms with Crippen molar-refractivity contribution in [2.45, 2.75) is 50.7 Å². The summed E-state index contributed by atoms with van der Waals surface area (Å²) in [6.45, 7) is 4.97. The molecule has 10 heteroatoms. The topological polar surface area (TPSA) is 96.0 Å². The van der Waals surface area contributed by atoms with Gasteiger partial charge in [0.05, 0.1) is 17.7 Å². The van der Waals surface area contributed by atoms with Gasteiger partial charge in [0, 0.05) is 24.0 Å². The number of ether oxygens (including phenoxy) is 1. The second kappa shape index (κ2) is 15.1. The van der Waals surface area contributed by atoms with E-state index in [1.165, 1.54) is 23.1 Å². The zero-order valence-corrected chi connectivity index (χ0v) is 27.4. The Kier molecular flexibility index (Phi) is 11.3. The number of carbonyl (C=O) groups excluding carboxylic acids is 2. The summed E-state index contributed by atoms with van der Waals surface area (Å²) in [7, 11) is -2.66. The summed E-state index contributed by atoms with van der Waals surface area (Å²) in [6.07, 6.45) is 0.219. The number of nitrogens with zero attached hydrogens (tertiary/aromatic N) is 2. The van der Waals surface area contributed by atoms with Crippen molar-refractivity contribution in [2.75, 3.05) is 18.0 Å². The van der Waals surface area contributed by atoms with Crippen LogP contribution >= 0.6 is 11.6 Å². The number of hydrogen-bond donors (Lipinski definition) is 1. The predicted octanol–water partition coefficient (Wildman–Crippen LogP) is 6.02. The first-order valence-electron chi connectivity index (χ1n) is 14.6. The van der Waals surface area contributed by atoms with Crippen molar-refractivity contribution < 1.29 is 22.7 Å². The smallest absolute Gasteiger partial charge is 0.264 e. The van der Waals surface area contributed by atoms with Crippen LogP contribution in [0.5, 0.6) is 5.75 Å². The first-order chi connectivity index (χ1) is 21.5. The molecule has 2 amide bonds. The Hall–Kier alpha value is -4.34. The fourth-order valence-corrected chi connectivity index (χ4v) is 6.49. The van der Waals surface area contributed by atoms with Crippen LogP contribution in [0.25, 0.3) is 0 Å². The molecule has 4 rings (SSSR count). The highest BCUT2D eigenvalue weighted by atomic mass is 35.5. The summed E-state index contributed by atoms with van der Waals surface area (Å²) in [5, 5.41) is 3.32. The molecule has 236 valence electrons. The average molecular weight is 648 g/mol. The molecule has 0 saturated carbocycles. The van der Waals surface area contributed by atoms with Crippen LogP contribution in [0.3, 0.4) is 0 Å². The number of carbonyl (C=O) groups is 2. The van der Waals surface area contributed by atoms with Crippen LogP contribution in [0, 0.1) is 6.92 Å². The largest absolute Gasteiger partial charge is 0.497 e. The summed E-state index contributed by atoms with van der Waals surface area (Å²) < 4.78 is 34.6. The second-order valence-electron chi connectivity index (χ2n) is 11.0. The maximum Gasteiger partial charge on any atom is 0.264 e. The number of sulfonamides is 1. The first kappa shape index (κ1) is 33.6. The number of rotatable bonds is 13. The van der Waals surface area contributed by atoms with Gasteiger partial charge >= 0.3 is 0 Å². The van der Waals surface area contributed by atoms with Crippen molar-refractivity contribution in [3.05, 3.63) is 125 Å². The van der Waals surface area contributed by atoms with E-state index in [1.54, 1.807) is 55.6 Å². The van der Waals surface area contributed by atoms with Crippen molar-refractivity contribution >= 4 is 39.1 Å². The van der Waals surface area contributed by atoms with Gasteiger partial charge in [-0.05, 0) is 73.9 Å². The van der Waals surface area contributed by atoms with Crippen LogP contribution in [-0.4, -0.2) is 50.9 Å². The SMILES string of the molecule is COc1cccc(CN(C(=O)CN(c2ccc(C)c(Cl)c2)S(=O)(=O)c2ccccc2)[C@@H](Cc2ccccc2)C(=O)NC(C)C)c1. The van der Waals surface area contributed by atoms with Crippen LogP contribution in [0.2, 0.25) is 5.02 Å². The maximum atomic E-state index is 14.5. The number of benzene rings is 4. The molecule has 0 fully saturated rings. The third kappa shape index (κ3) is 8.65. The van der Waals surface area contributed by atoms with Crippen LogP contribution in [0.4, 0.5) is 5.69 Å². The van der Waals surface area contributed by atoms with Gasteiger partial charge < -0.3 is 15.0 Å². The average Bonchev–Trinajstić information content (AvgIpc) is 3.03. The molecule has 0 aliphatic heterocycles. The predicted molar refractivity (Wildman–Crippen MR) is 178 cm³/mol. The van der Waals surface area contributed by atoms with Gasteiger partial charge in [-0.3, -0.25) is 13.9 Å². The molecule has 4 aromatic carbocycles. The molecule has 0 saturated heterocycles. The molecule has 0 bridgehead atoms. The Labute approximate surface area is 270 Å². The third-order valence-electron chi connectivity index (χ3n) is 7.24. The molecular formula is C35H38ClN3O5S. The van der Waals surface area contributed by atoms with Crippen LogP contribution in [-0.2, 0) is 32.6 Å². The van der Waals surface area contributed by atoms with Gasteiger partial charge in [-0.2, -0.15) is 0 Å². The minimum atomic E-state index is -4.21. The molecule has 45 heavy (non-hydrogen) atoms. The van der Waals surface area contributed by atoms with Crippen molar-refractivity contribution in [1.82, 2.24) is 10.2 Å². The van der Waals surface area contributed by atoms with Crippen LogP contribution in [0.15, 0.2) is 108 Å². The van der Waals surface area contributed by atoms with Crippen molar-refractivity contribution in [3.8, 4) is 5.75 Å². The lowest BCUT2D eigenvalue weighted by Gasteiger charge is -2.34. The van der Waals surface area contributed by atoms with Gasteiger partial charge in [0.25, 0.3) is 10.0 Å². The van der Waals surface area contributed by atoms with E-state index in [4.69, 9.17) is 16.3 Å². The van der Waals surface area contributed by atoms with Gasteiger partial charge in [-0.15, -0.1) is 0 Å². The van der Waals surface area contributed by atoms with Crippen LogP contribution < -0.4 is 14.4 Å². The Bertz CT molecular complexity index is 1720. The van der Waals surface area contributed by atoms with E-state index in [2.05, 4.69) is 5.32 Å². The summed E-state index contributed by atoms with van der Waals surface area (Å²) in [5.74, 6) is -0.316. The maximum absolute atomic E-state index is 14.5. The molecule has 1 atom stereocenters. The minimum Gasteiger partial charge on any atom is -0.497 e. The number of hydrogen-bond acceptors (Lipinski definition) is 5. The van der Waals surface area contributed by atoms with Gasteiger partial charge in [0.15, 0.2) is 0 Å². The molecule has 0 heterocycles. The molecule has 8 nitrogen and oxygen atoms in total. The van der Waals surface area contributed by atoms with Crippen molar-refractivity contribution in [1.29, 1.82) is 0 Å². The van der Waals surface area contributed by atoms with Gasteiger partial charge in [0.1, 0.15) is 18.3 Å². The molecule has 0 radical (unpaired) electrons. The molecule has 1 N–H and O–H groups in total. The van der Waals surface area contributed by atoms with Gasteiger partial charge in [0.2, 0.25) is 11.8 Å². The number of halogens is 1. The molecule has 0 spiro atoms. The van der Waals surface area contributed by atoms with Crippen molar-refractivity contribution in [3.63, 3.8) is 0 Å². The summed E-state index contributed by atoms with van der Waals surface area (Å²) >= 11 is 6.44.